The molecule has 0 radical (unpaired) electrons. The van der Waals surface area contributed by atoms with E-state index in [4.69, 9.17) is 30.2 Å². The Bertz CT molecular complexity index is 1270. The molecule has 2 aromatic rings. The zero-order valence-electron chi connectivity index (χ0n) is 28.0. The average Bonchev–Trinajstić information content (AvgIpc) is 3.29. The van der Waals surface area contributed by atoms with E-state index < -0.39 is 13.9 Å². The SMILES string of the molecule is CC(C)(C)OC(=O)N1CCC[C@@H](C(CCOCCc2ccc3c(c(Cl)nn3C3CCCCO3)c2Br)O[Si](C)(C)C(C)(C)C)C1. The third-order valence-corrected chi connectivity index (χ3v) is 14.9. The van der Waals surface area contributed by atoms with Gasteiger partial charge in [-0.25, -0.2) is 9.48 Å². The molecular formula is C33H53BrClN3O5Si. The minimum absolute atomic E-state index is 0.0240. The molecule has 2 saturated heterocycles. The van der Waals surface area contributed by atoms with Crippen LogP contribution in [0.2, 0.25) is 23.3 Å². The Balaban J connectivity index is 1.38. The fraction of sp³-hybridized carbons (Fsp3) is 0.758. The molecule has 248 valence electrons. The van der Waals surface area contributed by atoms with E-state index in [0.29, 0.717) is 24.9 Å². The van der Waals surface area contributed by atoms with Crippen molar-refractivity contribution < 1.29 is 23.4 Å². The van der Waals surface area contributed by atoms with Crippen LogP contribution in [0.4, 0.5) is 4.79 Å². The van der Waals surface area contributed by atoms with Crippen LogP contribution in [0, 0.1) is 5.92 Å². The van der Waals surface area contributed by atoms with Crippen molar-refractivity contribution in [2.24, 2.45) is 5.92 Å². The maximum Gasteiger partial charge on any atom is 0.410 e. The summed E-state index contributed by atoms with van der Waals surface area (Å²) < 4.78 is 27.8. The number of piperidine rings is 1. The normalized spacial score (nSPS) is 21.1. The van der Waals surface area contributed by atoms with E-state index in [1.165, 1.54) is 0 Å². The molecule has 11 heteroatoms. The first kappa shape index (κ1) is 35.7. The molecule has 3 heterocycles. The third kappa shape index (κ3) is 9.00. The van der Waals surface area contributed by atoms with Crippen LogP contribution in [0.1, 0.15) is 91.9 Å². The number of amides is 1. The fourth-order valence-electron chi connectivity index (χ4n) is 5.76. The summed E-state index contributed by atoms with van der Waals surface area (Å²) in [6, 6.07) is 4.22. The molecule has 1 amide bonds. The Morgan fingerprint density at radius 2 is 1.89 bits per heavy atom. The molecule has 3 atom stereocenters. The third-order valence-electron chi connectivity index (χ3n) is 9.23. The number of carbonyl (C=O) groups is 1. The van der Waals surface area contributed by atoms with Gasteiger partial charge in [0.1, 0.15) is 5.60 Å². The smallest absolute Gasteiger partial charge is 0.410 e. The summed E-state index contributed by atoms with van der Waals surface area (Å²) in [6.07, 6.45) is 6.41. The number of likely N-dealkylation sites (tertiary alicyclic amines) is 1. The summed E-state index contributed by atoms with van der Waals surface area (Å²) in [6.45, 7) is 20.5. The van der Waals surface area contributed by atoms with Crippen molar-refractivity contribution in [2.45, 2.75) is 123 Å². The summed E-state index contributed by atoms with van der Waals surface area (Å²) in [4.78, 5) is 14.8. The first-order chi connectivity index (χ1) is 20.6. The number of nitrogens with zero attached hydrogens (tertiary/aromatic N) is 3. The van der Waals surface area contributed by atoms with Crippen LogP contribution in [-0.4, -0.2) is 73.7 Å². The number of rotatable bonds is 10. The largest absolute Gasteiger partial charge is 0.444 e. The molecule has 2 fully saturated rings. The lowest BCUT2D eigenvalue weighted by Crippen LogP contribution is -2.50. The predicted octanol–water partition coefficient (Wildman–Crippen LogP) is 9.14. The van der Waals surface area contributed by atoms with Gasteiger partial charge < -0.3 is 23.5 Å². The van der Waals surface area contributed by atoms with Gasteiger partial charge in [-0.15, -0.1) is 0 Å². The minimum atomic E-state index is -2.04. The summed E-state index contributed by atoms with van der Waals surface area (Å²) in [5.74, 6) is 0.248. The number of aromatic nitrogens is 2. The standard InChI is InChI=1S/C33H53BrClN3O5Si/c1-32(2,3)42-31(39)37-18-11-12-24(22-37)26(43-44(7,8)33(4,5)6)17-21-40-20-16-23-14-15-25-28(29(23)34)30(35)36-38(25)27-13-9-10-19-41-27/h14-15,24,26-27H,9-13,16-22H2,1-8H3/t24-,26?,27?/m1/s1. The van der Waals surface area contributed by atoms with Gasteiger partial charge in [-0.05, 0) is 111 Å². The maximum absolute atomic E-state index is 12.9. The second kappa shape index (κ2) is 14.7. The van der Waals surface area contributed by atoms with Crippen LogP contribution in [0.25, 0.3) is 10.9 Å². The summed E-state index contributed by atoms with van der Waals surface area (Å²) in [5.41, 5.74) is 1.61. The second-order valence-corrected chi connectivity index (χ2v) is 20.8. The zero-order chi connectivity index (χ0) is 32.3. The monoisotopic (exact) mass is 713 g/mol. The number of carbonyl (C=O) groups excluding carboxylic acids is 1. The van der Waals surface area contributed by atoms with Crippen LogP contribution in [0.15, 0.2) is 16.6 Å². The van der Waals surface area contributed by atoms with Crippen molar-refractivity contribution in [3.8, 4) is 0 Å². The van der Waals surface area contributed by atoms with Crippen LogP contribution in [0.3, 0.4) is 0 Å². The van der Waals surface area contributed by atoms with Crippen molar-refractivity contribution in [1.29, 1.82) is 0 Å². The molecule has 1 aromatic heterocycles. The topological polar surface area (TPSA) is 75.0 Å². The lowest BCUT2D eigenvalue weighted by molar-refractivity contribution is -0.0366. The lowest BCUT2D eigenvalue weighted by atomic mass is 9.91. The van der Waals surface area contributed by atoms with Gasteiger partial charge in [-0.1, -0.05) is 38.4 Å². The van der Waals surface area contributed by atoms with Gasteiger partial charge in [0, 0.05) is 36.7 Å². The van der Waals surface area contributed by atoms with E-state index in [0.717, 1.165) is 79.0 Å². The molecule has 0 bridgehead atoms. The van der Waals surface area contributed by atoms with Crippen molar-refractivity contribution in [3.63, 3.8) is 0 Å². The van der Waals surface area contributed by atoms with E-state index in [1.54, 1.807) is 0 Å². The van der Waals surface area contributed by atoms with Gasteiger partial charge in [-0.2, -0.15) is 5.10 Å². The number of benzene rings is 1. The van der Waals surface area contributed by atoms with Crippen molar-refractivity contribution in [1.82, 2.24) is 14.7 Å². The molecule has 0 saturated carbocycles. The highest BCUT2D eigenvalue weighted by atomic mass is 79.9. The van der Waals surface area contributed by atoms with Gasteiger partial charge in [0.15, 0.2) is 19.7 Å². The molecule has 0 aliphatic carbocycles. The molecule has 44 heavy (non-hydrogen) atoms. The highest BCUT2D eigenvalue weighted by Crippen LogP contribution is 2.40. The van der Waals surface area contributed by atoms with Gasteiger partial charge in [-0.3, -0.25) is 0 Å². The first-order valence-electron chi connectivity index (χ1n) is 16.3. The van der Waals surface area contributed by atoms with E-state index >= 15 is 0 Å². The van der Waals surface area contributed by atoms with Crippen LogP contribution in [-0.2, 0) is 25.1 Å². The molecule has 8 nitrogen and oxygen atoms in total. The van der Waals surface area contributed by atoms with Gasteiger partial charge in [0.2, 0.25) is 0 Å². The Labute approximate surface area is 278 Å². The lowest BCUT2D eigenvalue weighted by Gasteiger charge is -2.44. The Hall–Kier alpha value is -1.17. The van der Waals surface area contributed by atoms with Crippen LogP contribution < -0.4 is 0 Å². The zero-order valence-corrected chi connectivity index (χ0v) is 31.4. The molecule has 0 spiro atoms. The molecule has 2 aliphatic rings. The van der Waals surface area contributed by atoms with E-state index in [9.17, 15) is 4.79 Å². The van der Waals surface area contributed by atoms with Crippen molar-refractivity contribution >= 4 is 52.8 Å². The molecule has 1 aromatic carbocycles. The van der Waals surface area contributed by atoms with E-state index in [2.05, 4.69) is 67.0 Å². The fourth-order valence-corrected chi connectivity index (χ4v) is 8.29. The Kier molecular flexibility index (Phi) is 11.9. The average molecular weight is 715 g/mol. The van der Waals surface area contributed by atoms with Gasteiger partial charge in [0.25, 0.3) is 0 Å². The Morgan fingerprint density at radius 3 is 2.55 bits per heavy atom. The van der Waals surface area contributed by atoms with E-state index in [-0.39, 0.29) is 29.4 Å². The second-order valence-electron chi connectivity index (χ2n) is 14.9. The molecule has 4 rings (SSSR count). The summed E-state index contributed by atoms with van der Waals surface area (Å²) in [5, 5.41) is 6.13. The number of hydrogen-bond donors (Lipinski definition) is 0. The number of hydrogen-bond acceptors (Lipinski definition) is 6. The van der Waals surface area contributed by atoms with E-state index in [1.807, 2.05) is 30.4 Å². The number of halogens is 2. The van der Waals surface area contributed by atoms with Crippen LogP contribution in [0.5, 0.6) is 0 Å². The van der Waals surface area contributed by atoms with Gasteiger partial charge in [0.05, 0.1) is 23.6 Å². The minimum Gasteiger partial charge on any atom is -0.444 e. The summed E-state index contributed by atoms with van der Waals surface area (Å²) >= 11 is 10.4. The first-order valence-corrected chi connectivity index (χ1v) is 20.4. The number of fused-ring (bicyclic) bond motifs is 1. The molecule has 0 N–H and O–H groups in total. The molecule has 2 aliphatic heterocycles. The van der Waals surface area contributed by atoms with Crippen molar-refractivity contribution in [3.05, 3.63) is 27.3 Å². The highest BCUT2D eigenvalue weighted by Gasteiger charge is 2.42. The Morgan fingerprint density at radius 1 is 1.14 bits per heavy atom. The number of ether oxygens (including phenoxy) is 3. The molecular weight excluding hydrogens is 662 g/mol. The van der Waals surface area contributed by atoms with Crippen molar-refractivity contribution in [2.75, 3.05) is 32.9 Å². The highest BCUT2D eigenvalue weighted by molar-refractivity contribution is 9.10. The van der Waals surface area contributed by atoms with Gasteiger partial charge >= 0.3 is 6.09 Å². The maximum atomic E-state index is 12.9. The summed E-state index contributed by atoms with van der Waals surface area (Å²) in [7, 11) is -2.04. The van der Waals surface area contributed by atoms with Crippen LogP contribution >= 0.6 is 27.5 Å². The molecule has 2 unspecified atom stereocenters. The quantitative estimate of drug-likeness (QED) is 0.181. The predicted molar refractivity (Wildman–Crippen MR) is 183 cm³/mol.